The lowest BCUT2D eigenvalue weighted by Crippen LogP contribution is -2.48. The van der Waals surface area contributed by atoms with Crippen molar-refractivity contribution >= 4 is 47.0 Å². The Hall–Kier alpha value is -3.08. The number of nitrogens with one attached hydrogen (secondary N) is 1. The summed E-state index contributed by atoms with van der Waals surface area (Å²) in [6.07, 6.45) is 7.27. The third-order valence-corrected chi connectivity index (χ3v) is 8.10. The molecule has 0 radical (unpaired) electrons. The molecule has 39 heavy (non-hydrogen) atoms. The summed E-state index contributed by atoms with van der Waals surface area (Å²) in [5.41, 5.74) is 9.58. The zero-order valence-electron chi connectivity index (χ0n) is 23.5. The minimum Gasteiger partial charge on any atom is -0.445 e. The van der Waals surface area contributed by atoms with Gasteiger partial charge in [0.15, 0.2) is 0 Å². The van der Waals surface area contributed by atoms with E-state index in [2.05, 4.69) is 16.5 Å². The van der Waals surface area contributed by atoms with Crippen LogP contribution in [0.25, 0.3) is 6.08 Å². The lowest BCUT2D eigenvalue weighted by atomic mass is 9.93. The maximum atomic E-state index is 13.4. The van der Waals surface area contributed by atoms with Gasteiger partial charge in [-0.2, -0.15) is 0 Å². The molecule has 3 amide bonds. The Kier molecular flexibility index (Phi) is 9.19. The highest BCUT2D eigenvalue weighted by Gasteiger charge is 2.29. The Balaban J connectivity index is 1.40. The molecule has 2 aliphatic heterocycles. The largest absolute Gasteiger partial charge is 0.445 e. The van der Waals surface area contributed by atoms with Gasteiger partial charge in [0.05, 0.1) is 10.6 Å². The van der Waals surface area contributed by atoms with Crippen LogP contribution in [0.15, 0.2) is 16.6 Å². The maximum Gasteiger partial charge on any atom is 0.426 e. The Morgan fingerprint density at radius 3 is 2.54 bits per heavy atom. The number of likely N-dealkylation sites (tertiary alicyclic amines) is 1. The van der Waals surface area contributed by atoms with Crippen molar-refractivity contribution < 1.29 is 23.9 Å². The lowest BCUT2D eigenvalue weighted by molar-refractivity contribution is -0.130. The van der Waals surface area contributed by atoms with Gasteiger partial charge in [-0.05, 0) is 83.8 Å². The van der Waals surface area contributed by atoms with Crippen LogP contribution in [-0.2, 0) is 20.7 Å². The number of piperidine rings is 1. The first-order chi connectivity index (χ1) is 18.5. The molecule has 3 aliphatic rings. The Bertz CT molecular complexity index is 1130. The standard InChI is InChI=1S/C28H41N5O5S/c1-5-11-33(31-26(35)37-20-7-6-8-20)25(34)19-15-23-22(30-24(29)16-19)17-21(39-23)14-18-9-12-32(13-10-18)27(36)38-28(2,3)4/h15,17-18,20H,5-14,16H2,1-4H3,(H2,29,30)(H,31,35). The number of hydrogen-bond donors (Lipinski definition) is 2. The number of amidine groups is 1. The molecule has 3 heterocycles. The van der Waals surface area contributed by atoms with E-state index in [1.165, 1.54) is 9.89 Å². The van der Waals surface area contributed by atoms with Gasteiger partial charge in [-0.15, -0.1) is 11.3 Å². The van der Waals surface area contributed by atoms with Crippen LogP contribution in [0, 0.1) is 5.92 Å². The van der Waals surface area contributed by atoms with Crippen molar-refractivity contribution in [2.45, 2.75) is 90.8 Å². The predicted octanol–water partition coefficient (Wildman–Crippen LogP) is 5.15. The van der Waals surface area contributed by atoms with Crippen LogP contribution in [0.1, 0.15) is 82.4 Å². The van der Waals surface area contributed by atoms with Crippen LogP contribution in [0.5, 0.6) is 0 Å². The Morgan fingerprint density at radius 2 is 1.92 bits per heavy atom. The molecule has 10 nitrogen and oxygen atoms in total. The molecule has 1 aromatic rings. The van der Waals surface area contributed by atoms with Gasteiger partial charge in [-0.25, -0.2) is 25.0 Å². The molecular formula is C28H41N5O5S. The number of amides is 3. The van der Waals surface area contributed by atoms with Gasteiger partial charge in [-0.1, -0.05) is 6.92 Å². The summed E-state index contributed by atoms with van der Waals surface area (Å²) in [6, 6.07) is 2.05. The molecule has 1 aliphatic carbocycles. The maximum absolute atomic E-state index is 13.4. The number of hydrogen-bond acceptors (Lipinski definition) is 8. The minimum absolute atomic E-state index is 0.0694. The van der Waals surface area contributed by atoms with Crippen molar-refractivity contribution in [1.82, 2.24) is 15.3 Å². The van der Waals surface area contributed by atoms with E-state index in [0.29, 0.717) is 43.4 Å². The highest BCUT2D eigenvalue weighted by Crippen LogP contribution is 2.37. The summed E-state index contributed by atoms with van der Waals surface area (Å²) < 4.78 is 10.9. The number of ether oxygens (including phenoxy) is 2. The van der Waals surface area contributed by atoms with Gasteiger partial charge in [0.2, 0.25) is 0 Å². The molecule has 1 saturated carbocycles. The van der Waals surface area contributed by atoms with E-state index in [0.717, 1.165) is 49.1 Å². The fourth-order valence-electron chi connectivity index (χ4n) is 4.79. The second kappa shape index (κ2) is 12.4. The highest BCUT2D eigenvalue weighted by molar-refractivity contribution is 7.13. The molecule has 0 spiro atoms. The molecule has 1 aromatic heterocycles. The highest BCUT2D eigenvalue weighted by atomic mass is 32.1. The summed E-state index contributed by atoms with van der Waals surface area (Å²) in [5.74, 6) is 0.498. The molecule has 0 aromatic carbocycles. The summed E-state index contributed by atoms with van der Waals surface area (Å²) in [6.45, 7) is 9.29. The third kappa shape index (κ3) is 7.97. The first-order valence-electron chi connectivity index (χ1n) is 13.9. The van der Waals surface area contributed by atoms with Gasteiger partial charge < -0.3 is 20.1 Å². The van der Waals surface area contributed by atoms with Crippen molar-refractivity contribution in [2.24, 2.45) is 16.6 Å². The summed E-state index contributed by atoms with van der Waals surface area (Å²) in [7, 11) is 0. The lowest BCUT2D eigenvalue weighted by Gasteiger charge is -2.33. The number of fused-ring (bicyclic) bond motifs is 1. The van der Waals surface area contributed by atoms with Crippen LogP contribution in [0.2, 0.25) is 0 Å². The molecule has 214 valence electrons. The molecule has 0 unspecified atom stereocenters. The number of nitrogens with zero attached hydrogens (tertiary/aromatic N) is 3. The number of nitrogens with two attached hydrogens (primary N) is 1. The van der Waals surface area contributed by atoms with E-state index in [1.807, 2.05) is 33.8 Å². The number of aliphatic imine (C=N–C) groups is 1. The number of carbonyl (C=O) groups excluding carboxylic acids is 3. The SMILES string of the molecule is CCCN(NC(=O)OC1CCC1)C(=O)C1=Cc2sc(CC3CCN(C(=O)OC(C)(C)C)CC3)cc2N=C(N)C1. The molecule has 1 saturated heterocycles. The topological polar surface area (TPSA) is 127 Å². The van der Waals surface area contributed by atoms with Gasteiger partial charge in [0, 0.05) is 36.5 Å². The third-order valence-electron chi connectivity index (χ3n) is 7.01. The summed E-state index contributed by atoms with van der Waals surface area (Å²) in [5, 5.41) is 1.32. The van der Waals surface area contributed by atoms with Crippen molar-refractivity contribution in [3.8, 4) is 0 Å². The number of rotatable bonds is 6. The van der Waals surface area contributed by atoms with Crippen molar-refractivity contribution in [2.75, 3.05) is 19.6 Å². The molecule has 0 atom stereocenters. The molecule has 0 bridgehead atoms. The molecular weight excluding hydrogens is 518 g/mol. The number of carbonyl (C=O) groups is 3. The number of thiophene rings is 1. The van der Waals surface area contributed by atoms with Crippen LogP contribution < -0.4 is 11.2 Å². The van der Waals surface area contributed by atoms with E-state index < -0.39 is 11.7 Å². The molecule has 4 rings (SSSR count). The second-order valence-electron chi connectivity index (χ2n) is 11.6. The molecule has 3 N–H and O–H groups in total. The average molecular weight is 560 g/mol. The van der Waals surface area contributed by atoms with E-state index in [4.69, 9.17) is 15.2 Å². The van der Waals surface area contributed by atoms with Crippen molar-refractivity contribution in [3.05, 3.63) is 21.4 Å². The quantitative estimate of drug-likeness (QED) is 0.465. The van der Waals surface area contributed by atoms with Gasteiger partial charge in [-0.3, -0.25) is 4.79 Å². The van der Waals surface area contributed by atoms with E-state index in [-0.39, 0.29) is 24.5 Å². The smallest absolute Gasteiger partial charge is 0.426 e. The van der Waals surface area contributed by atoms with Crippen LogP contribution in [0.4, 0.5) is 15.3 Å². The molecule has 11 heteroatoms. The van der Waals surface area contributed by atoms with E-state index in [1.54, 1.807) is 16.2 Å². The first-order valence-corrected chi connectivity index (χ1v) is 14.8. The molecule has 2 fully saturated rings. The van der Waals surface area contributed by atoms with Crippen molar-refractivity contribution in [3.63, 3.8) is 0 Å². The van der Waals surface area contributed by atoms with E-state index in [9.17, 15) is 14.4 Å². The number of hydrazine groups is 1. The Labute approximate surface area is 234 Å². The average Bonchev–Trinajstić information content (AvgIpc) is 3.11. The minimum atomic E-state index is -0.603. The van der Waals surface area contributed by atoms with Crippen LogP contribution in [0.3, 0.4) is 0 Å². The second-order valence-corrected chi connectivity index (χ2v) is 12.7. The predicted molar refractivity (Wildman–Crippen MR) is 152 cm³/mol. The summed E-state index contributed by atoms with van der Waals surface area (Å²) >= 11 is 1.61. The van der Waals surface area contributed by atoms with Gasteiger partial charge in [0.1, 0.15) is 17.5 Å². The fraction of sp³-hybridized carbons (Fsp3) is 0.643. The van der Waals surface area contributed by atoms with Gasteiger partial charge >= 0.3 is 12.2 Å². The van der Waals surface area contributed by atoms with Crippen molar-refractivity contribution in [1.29, 1.82) is 0 Å². The zero-order valence-corrected chi connectivity index (χ0v) is 24.3. The van der Waals surface area contributed by atoms with Crippen LogP contribution in [-0.4, -0.2) is 65.2 Å². The zero-order chi connectivity index (χ0) is 28.2. The van der Waals surface area contributed by atoms with Gasteiger partial charge in [0.25, 0.3) is 5.91 Å². The van der Waals surface area contributed by atoms with E-state index >= 15 is 0 Å². The monoisotopic (exact) mass is 559 g/mol. The first kappa shape index (κ1) is 28.9. The fourth-order valence-corrected chi connectivity index (χ4v) is 5.97. The normalized spacial score (nSPS) is 18.2. The summed E-state index contributed by atoms with van der Waals surface area (Å²) in [4.78, 5) is 46.6. The Morgan fingerprint density at radius 1 is 1.21 bits per heavy atom. The van der Waals surface area contributed by atoms with Crippen LogP contribution >= 0.6 is 11.3 Å².